The molecule has 0 radical (unpaired) electrons. The van der Waals surface area contributed by atoms with E-state index in [4.69, 9.17) is 4.74 Å². The van der Waals surface area contributed by atoms with Crippen LogP contribution in [0, 0.1) is 0 Å². The molecule has 2 aromatic carbocycles. The molecule has 27 heavy (non-hydrogen) atoms. The van der Waals surface area contributed by atoms with Gasteiger partial charge in [0.15, 0.2) is 0 Å². The smallest absolute Gasteiger partial charge is 0.128 e. The Kier molecular flexibility index (Phi) is 4.25. The molecule has 5 nitrogen and oxygen atoms in total. The maximum Gasteiger partial charge on any atom is 0.128 e. The van der Waals surface area contributed by atoms with Crippen LogP contribution >= 0.6 is 0 Å². The quantitative estimate of drug-likeness (QED) is 0.863. The summed E-state index contributed by atoms with van der Waals surface area (Å²) < 4.78 is 6.02. The molecule has 0 spiro atoms. The molecule has 0 aliphatic carbocycles. The summed E-state index contributed by atoms with van der Waals surface area (Å²) in [6.07, 6.45) is 2.67. The molecule has 0 saturated carbocycles. The molecule has 1 atom stereocenters. The van der Waals surface area contributed by atoms with Gasteiger partial charge >= 0.3 is 0 Å². The van der Waals surface area contributed by atoms with E-state index < -0.39 is 0 Å². The van der Waals surface area contributed by atoms with Crippen molar-refractivity contribution in [1.82, 2.24) is 5.43 Å². The van der Waals surface area contributed by atoms with Crippen LogP contribution in [0.3, 0.4) is 0 Å². The molecule has 2 N–H and O–H groups in total. The minimum absolute atomic E-state index is 0.127. The number of nitrogens with one attached hydrogen (secondary N) is 1. The zero-order chi connectivity index (χ0) is 19.2. The van der Waals surface area contributed by atoms with E-state index in [0.29, 0.717) is 0 Å². The summed E-state index contributed by atoms with van der Waals surface area (Å²) in [6, 6.07) is 12.4. The van der Waals surface area contributed by atoms with Gasteiger partial charge in [-0.1, -0.05) is 12.1 Å². The van der Waals surface area contributed by atoms with Crippen molar-refractivity contribution in [3.8, 4) is 11.5 Å². The highest BCUT2D eigenvalue weighted by atomic mass is 16.5. The SMILES string of the molecule is CN(C)c1ccc(C2CC(c3cc4c(cc3O)OC(C)(C)CC4)=NN2)cc1. The normalized spacial score (nSPS) is 20.3. The van der Waals surface area contributed by atoms with E-state index >= 15 is 0 Å². The number of anilines is 1. The fourth-order valence-corrected chi connectivity index (χ4v) is 3.73. The lowest BCUT2D eigenvalue weighted by Gasteiger charge is -2.33. The Morgan fingerprint density at radius 1 is 1.19 bits per heavy atom. The second kappa shape index (κ2) is 6.48. The number of rotatable bonds is 3. The molecule has 1 unspecified atom stereocenters. The van der Waals surface area contributed by atoms with Crippen LogP contribution in [0.1, 0.15) is 49.4 Å². The van der Waals surface area contributed by atoms with Gasteiger partial charge in [-0.05, 0) is 56.0 Å². The van der Waals surface area contributed by atoms with Crippen LogP contribution in [0.15, 0.2) is 41.5 Å². The fraction of sp³-hybridized carbons (Fsp3) is 0.409. The number of hydrazone groups is 1. The molecule has 0 aromatic heterocycles. The van der Waals surface area contributed by atoms with Gasteiger partial charge in [-0.15, -0.1) is 0 Å². The summed E-state index contributed by atoms with van der Waals surface area (Å²) in [5, 5.41) is 15.1. The highest BCUT2D eigenvalue weighted by Gasteiger charge is 2.29. The highest BCUT2D eigenvalue weighted by Crippen LogP contribution is 2.38. The van der Waals surface area contributed by atoms with E-state index in [0.717, 1.165) is 41.9 Å². The van der Waals surface area contributed by atoms with Gasteiger partial charge in [0, 0.05) is 37.8 Å². The van der Waals surface area contributed by atoms with E-state index in [2.05, 4.69) is 53.5 Å². The Morgan fingerprint density at radius 3 is 2.63 bits per heavy atom. The van der Waals surface area contributed by atoms with Crippen LogP contribution in [-0.2, 0) is 6.42 Å². The third kappa shape index (κ3) is 3.46. The first kappa shape index (κ1) is 17.7. The molecule has 0 amide bonds. The van der Waals surface area contributed by atoms with Gasteiger partial charge in [0.1, 0.15) is 17.1 Å². The third-order valence-electron chi connectivity index (χ3n) is 5.44. The molecule has 4 rings (SSSR count). The van der Waals surface area contributed by atoms with E-state index in [1.54, 1.807) is 6.07 Å². The van der Waals surface area contributed by atoms with Crippen molar-refractivity contribution in [3.63, 3.8) is 0 Å². The van der Waals surface area contributed by atoms with Gasteiger partial charge in [0.2, 0.25) is 0 Å². The van der Waals surface area contributed by atoms with Gasteiger partial charge in [0.25, 0.3) is 0 Å². The van der Waals surface area contributed by atoms with Gasteiger partial charge in [-0.2, -0.15) is 5.10 Å². The number of aryl methyl sites for hydroxylation is 1. The average molecular weight is 365 g/mol. The van der Waals surface area contributed by atoms with Crippen molar-refractivity contribution < 1.29 is 9.84 Å². The Bertz CT molecular complexity index is 885. The molecule has 2 aromatic rings. The first-order valence-electron chi connectivity index (χ1n) is 9.47. The van der Waals surface area contributed by atoms with Gasteiger partial charge < -0.3 is 20.2 Å². The summed E-state index contributed by atoms with van der Waals surface area (Å²) in [6.45, 7) is 4.16. The Hall–Kier alpha value is -2.69. The van der Waals surface area contributed by atoms with Gasteiger partial charge in [0.05, 0.1) is 11.8 Å². The van der Waals surface area contributed by atoms with E-state index in [9.17, 15) is 5.11 Å². The number of nitrogens with zero attached hydrogens (tertiary/aromatic N) is 2. The molecule has 5 heteroatoms. The van der Waals surface area contributed by atoms with E-state index in [-0.39, 0.29) is 17.4 Å². The van der Waals surface area contributed by atoms with Crippen molar-refractivity contribution in [2.24, 2.45) is 5.10 Å². The molecule has 142 valence electrons. The molecule has 0 saturated heterocycles. The topological polar surface area (TPSA) is 57.1 Å². The van der Waals surface area contributed by atoms with Crippen LogP contribution in [-0.4, -0.2) is 30.5 Å². The highest BCUT2D eigenvalue weighted by molar-refractivity contribution is 6.04. The Balaban J connectivity index is 1.54. The van der Waals surface area contributed by atoms with Crippen molar-refractivity contribution in [2.45, 2.75) is 44.8 Å². The number of hydrogen-bond donors (Lipinski definition) is 2. The Labute approximate surface area is 160 Å². The van der Waals surface area contributed by atoms with E-state index in [1.807, 2.05) is 20.2 Å². The van der Waals surface area contributed by atoms with Crippen molar-refractivity contribution in [3.05, 3.63) is 53.1 Å². The minimum Gasteiger partial charge on any atom is -0.507 e. The number of hydrogen-bond acceptors (Lipinski definition) is 5. The number of fused-ring (bicyclic) bond motifs is 1. The molecule has 0 fully saturated rings. The van der Waals surface area contributed by atoms with Crippen molar-refractivity contribution in [2.75, 3.05) is 19.0 Å². The summed E-state index contributed by atoms with van der Waals surface area (Å²) in [4.78, 5) is 2.09. The third-order valence-corrected chi connectivity index (χ3v) is 5.44. The summed E-state index contributed by atoms with van der Waals surface area (Å²) >= 11 is 0. The summed E-state index contributed by atoms with van der Waals surface area (Å²) in [7, 11) is 4.07. The van der Waals surface area contributed by atoms with Crippen LogP contribution in [0.5, 0.6) is 11.5 Å². The molecular weight excluding hydrogens is 338 g/mol. The maximum atomic E-state index is 10.6. The van der Waals surface area contributed by atoms with Gasteiger partial charge in [-0.3, -0.25) is 0 Å². The molecule has 2 aliphatic heterocycles. The molecule has 2 heterocycles. The van der Waals surface area contributed by atoms with Crippen molar-refractivity contribution in [1.29, 1.82) is 0 Å². The van der Waals surface area contributed by atoms with Crippen LogP contribution in [0.2, 0.25) is 0 Å². The second-order valence-electron chi connectivity index (χ2n) is 8.27. The second-order valence-corrected chi connectivity index (χ2v) is 8.27. The van der Waals surface area contributed by atoms with Crippen LogP contribution < -0.4 is 15.1 Å². The van der Waals surface area contributed by atoms with Gasteiger partial charge in [-0.25, -0.2) is 0 Å². The number of ether oxygens (including phenoxy) is 1. The fourth-order valence-electron chi connectivity index (χ4n) is 3.73. The Morgan fingerprint density at radius 2 is 1.93 bits per heavy atom. The predicted octanol–water partition coefficient (Wildman–Crippen LogP) is 4.00. The lowest BCUT2D eigenvalue weighted by Crippen LogP contribution is -2.32. The largest absolute Gasteiger partial charge is 0.507 e. The number of phenols is 1. The minimum atomic E-state index is -0.183. The lowest BCUT2D eigenvalue weighted by atomic mass is 9.91. The number of benzene rings is 2. The molecule has 0 bridgehead atoms. The standard InChI is InChI=1S/C22H27N3O2/c1-22(2)10-9-15-11-17(20(26)13-21(15)27-22)19-12-18(23-24-19)14-5-7-16(8-6-14)25(3)4/h5-8,11,13,18,23,26H,9-10,12H2,1-4H3. The van der Waals surface area contributed by atoms with E-state index in [1.165, 1.54) is 11.3 Å². The molecule has 2 aliphatic rings. The van der Waals surface area contributed by atoms with Crippen molar-refractivity contribution >= 4 is 11.4 Å². The number of phenolic OH excluding ortho intramolecular Hbond substituents is 1. The summed E-state index contributed by atoms with van der Waals surface area (Å²) in [5.74, 6) is 1.02. The monoisotopic (exact) mass is 365 g/mol. The lowest BCUT2D eigenvalue weighted by molar-refractivity contribution is 0.0843. The maximum absolute atomic E-state index is 10.6. The zero-order valence-corrected chi connectivity index (χ0v) is 16.4. The first-order valence-corrected chi connectivity index (χ1v) is 9.47. The van der Waals surface area contributed by atoms with Crippen LogP contribution in [0.4, 0.5) is 5.69 Å². The van der Waals surface area contributed by atoms with Crippen LogP contribution in [0.25, 0.3) is 0 Å². The zero-order valence-electron chi connectivity index (χ0n) is 16.4. The molecular formula is C22H27N3O2. The number of aromatic hydroxyl groups is 1. The average Bonchev–Trinajstić information content (AvgIpc) is 3.10. The summed E-state index contributed by atoms with van der Waals surface area (Å²) in [5.41, 5.74) is 8.25. The predicted molar refractivity (Wildman–Crippen MR) is 109 cm³/mol. The first-order chi connectivity index (χ1) is 12.8.